The van der Waals surface area contributed by atoms with Crippen LogP contribution in [-0.4, -0.2) is 19.1 Å². The summed E-state index contributed by atoms with van der Waals surface area (Å²) in [7, 11) is 1.39. The number of esters is 1. The molecule has 0 spiro atoms. The zero-order chi connectivity index (χ0) is 12.8. The molecule has 17 heavy (non-hydrogen) atoms. The highest BCUT2D eigenvalue weighted by atomic mass is 35.5. The van der Waals surface area contributed by atoms with Crippen molar-refractivity contribution in [3.63, 3.8) is 0 Å². The molecule has 0 aromatic heterocycles. The van der Waals surface area contributed by atoms with Gasteiger partial charge in [-0.05, 0) is 31.0 Å². The van der Waals surface area contributed by atoms with Gasteiger partial charge in [-0.1, -0.05) is 30.7 Å². The maximum absolute atomic E-state index is 11.4. The summed E-state index contributed by atoms with van der Waals surface area (Å²) in [6.45, 7) is 3.85. The predicted molar refractivity (Wildman–Crippen MR) is 69.1 cm³/mol. The molecule has 2 atom stereocenters. The Morgan fingerprint density at radius 3 is 2.76 bits per heavy atom. The van der Waals surface area contributed by atoms with E-state index >= 15 is 0 Å². The van der Waals surface area contributed by atoms with Gasteiger partial charge in [0.15, 0.2) is 0 Å². The van der Waals surface area contributed by atoms with Crippen LogP contribution >= 0.6 is 11.6 Å². The average Bonchev–Trinajstić information content (AvgIpc) is 2.34. The van der Waals surface area contributed by atoms with E-state index < -0.39 is 0 Å². The Morgan fingerprint density at radius 1 is 1.53 bits per heavy atom. The second-order valence-corrected chi connectivity index (χ2v) is 4.36. The number of carbonyl (C=O) groups is 1. The Balaban J connectivity index is 2.75. The number of benzene rings is 1. The van der Waals surface area contributed by atoms with Crippen LogP contribution in [0.25, 0.3) is 0 Å². The molecule has 0 amide bonds. The highest BCUT2D eigenvalue weighted by molar-refractivity contribution is 6.30. The number of hydrogen-bond donors (Lipinski definition) is 1. The summed E-state index contributed by atoms with van der Waals surface area (Å²) < 4.78 is 4.69. The summed E-state index contributed by atoms with van der Waals surface area (Å²) in [6.07, 6.45) is 0.877. The van der Waals surface area contributed by atoms with Crippen LogP contribution in [0, 0.1) is 0 Å². The lowest BCUT2D eigenvalue weighted by Gasteiger charge is -2.21. The van der Waals surface area contributed by atoms with E-state index in [-0.39, 0.29) is 18.1 Å². The van der Waals surface area contributed by atoms with Gasteiger partial charge in [-0.2, -0.15) is 0 Å². The van der Waals surface area contributed by atoms with Crippen LogP contribution in [0.1, 0.15) is 31.9 Å². The number of hydrogen-bond acceptors (Lipinski definition) is 3. The van der Waals surface area contributed by atoms with Crippen molar-refractivity contribution in [1.29, 1.82) is 0 Å². The van der Waals surface area contributed by atoms with Crippen LogP contribution in [0.5, 0.6) is 0 Å². The van der Waals surface area contributed by atoms with Crippen LogP contribution < -0.4 is 5.32 Å². The van der Waals surface area contributed by atoms with Crippen molar-refractivity contribution in [3.8, 4) is 0 Å². The third kappa shape index (κ3) is 4.02. The smallest absolute Gasteiger partial charge is 0.322 e. The molecule has 1 aromatic carbocycles. The third-order valence-electron chi connectivity index (χ3n) is 2.67. The van der Waals surface area contributed by atoms with Crippen molar-refractivity contribution < 1.29 is 9.53 Å². The second-order valence-electron chi connectivity index (χ2n) is 3.93. The van der Waals surface area contributed by atoms with E-state index in [9.17, 15) is 4.79 Å². The molecule has 0 bridgehead atoms. The zero-order valence-corrected chi connectivity index (χ0v) is 11.1. The molecular weight excluding hydrogens is 238 g/mol. The van der Waals surface area contributed by atoms with E-state index in [1.807, 2.05) is 24.3 Å². The molecule has 1 rings (SSSR count). The van der Waals surface area contributed by atoms with Crippen LogP contribution in [0.4, 0.5) is 0 Å². The molecule has 3 nitrogen and oxygen atoms in total. The molecule has 0 fully saturated rings. The van der Waals surface area contributed by atoms with Crippen molar-refractivity contribution in [2.24, 2.45) is 0 Å². The number of methoxy groups -OCH3 is 1. The Morgan fingerprint density at radius 2 is 2.24 bits per heavy atom. The fourth-order valence-corrected chi connectivity index (χ4v) is 1.92. The fourth-order valence-electron chi connectivity index (χ4n) is 1.72. The van der Waals surface area contributed by atoms with Crippen LogP contribution in [-0.2, 0) is 9.53 Å². The molecule has 4 heteroatoms. The summed E-state index contributed by atoms with van der Waals surface area (Å²) in [5.41, 5.74) is 1.08. The summed E-state index contributed by atoms with van der Waals surface area (Å²) in [4.78, 5) is 11.4. The maximum Gasteiger partial charge on any atom is 0.322 e. The molecular formula is C13H18ClNO2. The highest BCUT2D eigenvalue weighted by Crippen LogP contribution is 2.20. The largest absolute Gasteiger partial charge is 0.468 e. The minimum absolute atomic E-state index is 0.0998. The lowest BCUT2D eigenvalue weighted by molar-refractivity contribution is -0.142. The Bertz CT molecular complexity index is 381. The Kier molecular flexibility index (Phi) is 5.45. The van der Waals surface area contributed by atoms with E-state index in [0.717, 1.165) is 12.0 Å². The minimum atomic E-state index is -0.330. The summed E-state index contributed by atoms with van der Waals surface area (Å²) in [5.74, 6) is -0.259. The normalized spacial score (nSPS) is 14.1. The third-order valence-corrected chi connectivity index (χ3v) is 2.90. The van der Waals surface area contributed by atoms with Gasteiger partial charge in [0, 0.05) is 11.1 Å². The second kappa shape index (κ2) is 6.62. The van der Waals surface area contributed by atoms with Gasteiger partial charge in [-0.25, -0.2) is 0 Å². The molecule has 0 heterocycles. The molecule has 0 saturated carbocycles. The SMILES string of the molecule is CCC(NC(C)C(=O)OC)c1cccc(Cl)c1. The minimum Gasteiger partial charge on any atom is -0.468 e. The van der Waals surface area contributed by atoms with Crippen molar-refractivity contribution in [3.05, 3.63) is 34.9 Å². The first kappa shape index (κ1) is 14.0. The lowest BCUT2D eigenvalue weighted by Crippen LogP contribution is -2.37. The predicted octanol–water partition coefficient (Wildman–Crippen LogP) is 2.94. The monoisotopic (exact) mass is 255 g/mol. The van der Waals surface area contributed by atoms with Gasteiger partial charge in [0.1, 0.15) is 6.04 Å². The molecule has 0 aliphatic carbocycles. The van der Waals surface area contributed by atoms with Gasteiger partial charge >= 0.3 is 5.97 Å². The van der Waals surface area contributed by atoms with Crippen molar-refractivity contribution in [2.75, 3.05) is 7.11 Å². The van der Waals surface area contributed by atoms with Gasteiger partial charge in [-0.15, -0.1) is 0 Å². The van der Waals surface area contributed by atoms with E-state index in [1.54, 1.807) is 6.92 Å². The van der Waals surface area contributed by atoms with E-state index in [1.165, 1.54) is 7.11 Å². The number of ether oxygens (including phenoxy) is 1. The number of carbonyl (C=O) groups excluding carboxylic acids is 1. The topological polar surface area (TPSA) is 38.3 Å². The zero-order valence-electron chi connectivity index (χ0n) is 10.4. The molecule has 1 N–H and O–H groups in total. The summed E-state index contributed by atoms with van der Waals surface area (Å²) in [6, 6.07) is 7.42. The molecule has 94 valence electrons. The van der Waals surface area contributed by atoms with Gasteiger partial charge in [-0.3, -0.25) is 10.1 Å². The van der Waals surface area contributed by atoms with Crippen LogP contribution in [0.15, 0.2) is 24.3 Å². The molecule has 1 aromatic rings. The number of rotatable bonds is 5. The molecule has 0 radical (unpaired) electrons. The Hall–Kier alpha value is -1.06. The van der Waals surface area contributed by atoms with Crippen molar-refractivity contribution in [1.82, 2.24) is 5.32 Å². The Labute approximate surface area is 107 Å². The molecule has 0 aliphatic heterocycles. The first-order valence-corrected chi connectivity index (χ1v) is 6.05. The van der Waals surface area contributed by atoms with Crippen LogP contribution in [0.2, 0.25) is 5.02 Å². The average molecular weight is 256 g/mol. The van der Waals surface area contributed by atoms with Crippen molar-refractivity contribution >= 4 is 17.6 Å². The lowest BCUT2D eigenvalue weighted by atomic mass is 10.0. The van der Waals surface area contributed by atoms with Gasteiger partial charge in [0.25, 0.3) is 0 Å². The summed E-state index contributed by atoms with van der Waals surface area (Å²) >= 11 is 5.95. The standard InChI is InChI=1S/C13H18ClNO2/c1-4-12(15-9(2)13(16)17-3)10-6-5-7-11(14)8-10/h5-9,12,15H,4H2,1-3H3. The van der Waals surface area contributed by atoms with Gasteiger partial charge in [0.2, 0.25) is 0 Å². The number of nitrogens with one attached hydrogen (secondary N) is 1. The highest BCUT2D eigenvalue weighted by Gasteiger charge is 2.18. The quantitative estimate of drug-likeness (QED) is 0.822. The maximum atomic E-state index is 11.4. The first-order chi connectivity index (χ1) is 8.08. The molecule has 0 saturated heterocycles. The first-order valence-electron chi connectivity index (χ1n) is 5.67. The van der Waals surface area contributed by atoms with Gasteiger partial charge < -0.3 is 4.74 Å². The van der Waals surface area contributed by atoms with E-state index in [4.69, 9.17) is 11.6 Å². The van der Waals surface area contributed by atoms with Gasteiger partial charge in [0.05, 0.1) is 7.11 Å². The summed E-state index contributed by atoms with van der Waals surface area (Å²) in [5, 5.41) is 3.93. The van der Waals surface area contributed by atoms with E-state index in [0.29, 0.717) is 5.02 Å². The van der Waals surface area contributed by atoms with E-state index in [2.05, 4.69) is 17.0 Å². The number of halogens is 1. The van der Waals surface area contributed by atoms with Crippen LogP contribution in [0.3, 0.4) is 0 Å². The fraction of sp³-hybridized carbons (Fsp3) is 0.462. The van der Waals surface area contributed by atoms with Crippen molar-refractivity contribution in [2.45, 2.75) is 32.4 Å². The molecule has 2 unspecified atom stereocenters. The molecule has 0 aliphatic rings.